The van der Waals surface area contributed by atoms with Gasteiger partial charge in [-0.3, -0.25) is 4.98 Å². The number of benzene rings is 1. The van der Waals surface area contributed by atoms with Crippen LogP contribution in [0.3, 0.4) is 0 Å². The Balaban J connectivity index is 0.000000167. The molecule has 0 aliphatic carbocycles. The molecule has 0 saturated heterocycles. The molecular formula is C16H17F3N2O2. The summed E-state index contributed by atoms with van der Waals surface area (Å²) in [5, 5.41) is 0. The molecule has 1 aliphatic rings. The summed E-state index contributed by atoms with van der Waals surface area (Å²) in [6.07, 6.45) is -1.99. The van der Waals surface area contributed by atoms with E-state index in [0.29, 0.717) is 6.61 Å². The van der Waals surface area contributed by atoms with Crippen molar-refractivity contribution < 1.29 is 22.6 Å². The van der Waals surface area contributed by atoms with Gasteiger partial charge in [-0.1, -0.05) is 12.1 Å². The monoisotopic (exact) mass is 326 g/mol. The number of aromatic nitrogens is 1. The highest BCUT2D eigenvalue weighted by Crippen LogP contribution is 2.27. The zero-order valence-electron chi connectivity index (χ0n) is 12.5. The van der Waals surface area contributed by atoms with Crippen LogP contribution in [0.2, 0.25) is 0 Å². The Kier molecular flexibility index (Phi) is 5.44. The van der Waals surface area contributed by atoms with Crippen molar-refractivity contribution in [2.75, 3.05) is 6.61 Å². The Morgan fingerprint density at radius 1 is 1.26 bits per heavy atom. The van der Waals surface area contributed by atoms with E-state index in [1.54, 1.807) is 19.2 Å². The topological polar surface area (TPSA) is 57.4 Å². The van der Waals surface area contributed by atoms with E-state index in [2.05, 4.69) is 9.72 Å². The van der Waals surface area contributed by atoms with E-state index in [1.807, 2.05) is 12.1 Å². The van der Waals surface area contributed by atoms with Crippen molar-refractivity contribution in [1.82, 2.24) is 4.98 Å². The van der Waals surface area contributed by atoms with E-state index < -0.39 is 6.36 Å². The van der Waals surface area contributed by atoms with Crippen molar-refractivity contribution in [2.45, 2.75) is 25.7 Å². The van der Waals surface area contributed by atoms with Gasteiger partial charge in [0.2, 0.25) is 0 Å². The highest BCUT2D eigenvalue weighted by molar-refractivity contribution is 5.30. The number of hydrogen-bond donors (Lipinski definition) is 1. The summed E-state index contributed by atoms with van der Waals surface area (Å²) in [7, 11) is 0. The SMILES string of the molecule is Cc1cccc(OC(F)(F)F)c1.N[C@@H]1CCOc2cccnc21. The number of ether oxygens (including phenoxy) is 2. The van der Waals surface area contributed by atoms with Crippen LogP contribution in [0.25, 0.3) is 0 Å². The molecule has 0 spiro atoms. The molecule has 0 fully saturated rings. The molecule has 124 valence electrons. The Labute approximate surface area is 132 Å². The molecule has 2 aromatic rings. The molecule has 4 nitrogen and oxygen atoms in total. The fraction of sp³-hybridized carbons (Fsp3) is 0.312. The molecule has 3 rings (SSSR count). The van der Waals surface area contributed by atoms with Gasteiger partial charge in [-0.2, -0.15) is 0 Å². The maximum atomic E-state index is 11.7. The van der Waals surface area contributed by atoms with Gasteiger partial charge in [0.25, 0.3) is 0 Å². The van der Waals surface area contributed by atoms with Gasteiger partial charge in [0.1, 0.15) is 11.5 Å². The average Bonchev–Trinajstić information content (AvgIpc) is 2.47. The summed E-state index contributed by atoms with van der Waals surface area (Å²) < 4.78 is 44.0. The minimum Gasteiger partial charge on any atom is -0.492 e. The Morgan fingerprint density at radius 3 is 2.70 bits per heavy atom. The zero-order chi connectivity index (χ0) is 16.9. The Hall–Kier alpha value is -2.28. The standard InChI is InChI=1S/C8H7F3O.C8H10N2O/c1-6-3-2-4-7(5-6)12-8(9,10)11;9-6-3-5-11-7-2-1-4-10-8(6)7/h2-5H,1H3;1-2,4,6H,3,5,9H2/t;6-/m.1/s1. The van der Waals surface area contributed by atoms with Crippen LogP contribution in [0.4, 0.5) is 13.2 Å². The van der Waals surface area contributed by atoms with Gasteiger partial charge >= 0.3 is 6.36 Å². The van der Waals surface area contributed by atoms with Crippen molar-refractivity contribution in [3.8, 4) is 11.5 Å². The second-order valence-electron chi connectivity index (χ2n) is 4.99. The number of aryl methyl sites for hydroxylation is 1. The normalized spacial score (nSPS) is 16.5. The van der Waals surface area contributed by atoms with Crippen molar-refractivity contribution in [2.24, 2.45) is 5.73 Å². The first-order valence-electron chi connectivity index (χ1n) is 7.01. The molecule has 2 N–H and O–H groups in total. The van der Waals surface area contributed by atoms with E-state index in [4.69, 9.17) is 10.5 Å². The molecule has 7 heteroatoms. The second kappa shape index (κ2) is 7.32. The number of halogens is 3. The molecule has 0 saturated carbocycles. The van der Waals surface area contributed by atoms with Gasteiger partial charge in [0.15, 0.2) is 0 Å². The van der Waals surface area contributed by atoms with Crippen LogP contribution < -0.4 is 15.2 Å². The summed E-state index contributed by atoms with van der Waals surface area (Å²) in [4.78, 5) is 4.15. The minimum atomic E-state index is -4.60. The summed E-state index contributed by atoms with van der Waals surface area (Å²) in [6.45, 7) is 2.41. The van der Waals surface area contributed by atoms with Gasteiger partial charge in [0, 0.05) is 12.6 Å². The van der Waals surface area contributed by atoms with Crippen LogP contribution in [-0.2, 0) is 0 Å². The lowest BCUT2D eigenvalue weighted by molar-refractivity contribution is -0.274. The van der Waals surface area contributed by atoms with Gasteiger partial charge < -0.3 is 15.2 Å². The number of nitrogens with zero attached hydrogens (tertiary/aromatic N) is 1. The van der Waals surface area contributed by atoms with Crippen LogP contribution in [0.15, 0.2) is 42.6 Å². The van der Waals surface area contributed by atoms with Gasteiger partial charge in [-0.05, 0) is 36.8 Å². The summed E-state index contributed by atoms with van der Waals surface area (Å²) >= 11 is 0. The van der Waals surface area contributed by atoms with Crippen LogP contribution in [0, 0.1) is 6.92 Å². The molecule has 23 heavy (non-hydrogen) atoms. The maximum absolute atomic E-state index is 11.7. The highest BCUT2D eigenvalue weighted by atomic mass is 19.4. The number of fused-ring (bicyclic) bond motifs is 1. The van der Waals surface area contributed by atoms with Crippen LogP contribution >= 0.6 is 0 Å². The predicted octanol–water partition coefficient (Wildman–Crippen LogP) is 3.76. The molecule has 0 amide bonds. The third kappa shape index (κ3) is 5.45. The quantitative estimate of drug-likeness (QED) is 0.867. The van der Waals surface area contributed by atoms with Crippen LogP contribution in [-0.4, -0.2) is 18.0 Å². The van der Waals surface area contributed by atoms with E-state index in [9.17, 15) is 13.2 Å². The lowest BCUT2D eigenvalue weighted by atomic mass is 10.1. The lowest BCUT2D eigenvalue weighted by Gasteiger charge is -2.20. The third-order valence-electron chi connectivity index (χ3n) is 3.06. The smallest absolute Gasteiger partial charge is 0.492 e. The first-order valence-corrected chi connectivity index (χ1v) is 7.01. The number of alkyl halides is 3. The molecule has 0 bridgehead atoms. The second-order valence-corrected chi connectivity index (χ2v) is 4.99. The molecule has 0 radical (unpaired) electrons. The minimum absolute atomic E-state index is 0.0555. The fourth-order valence-electron chi connectivity index (χ4n) is 2.05. The van der Waals surface area contributed by atoms with E-state index in [1.165, 1.54) is 18.2 Å². The van der Waals surface area contributed by atoms with Crippen LogP contribution in [0.1, 0.15) is 23.7 Å². The van der Waals surface area contributed by atoms with Crippen molar-refractivity contribution in [1.29, 1.82) is 0 Å². The summed E-state index contributed by atoms with van der Waals surface area (Å²) in [6, 6.07) is 9.62. The Bertz CT molecular complexity index is 647. The van der Waals surface area contributed by atoms with Crippen molar-refractivity contribution >= 4 is 0 Å². The number of nitrogens with two attached hydrogens (primary N) is 1. The number of pyridine rings is 1. The average molecular weight is 326 g/mol. The van der Waals surface area contributed by atoms with Crippen molar-refractivity contribution in [3.63, 3.8) is 0 Å². The van der Waals surface area contributed by atoms with E-state index >= 15 is 0 Å². The first kappa shape index (κ1) is 17.1. The molecule has 0 unspecified atom stereocenters. The molecular weight excluding hydrogens is 309 g/mol. The number of hydrogen-bond acceptors (Lipinski definition) is 4. The number of rotatable bonds is 1. The van der Waals surface area contributed by atoms with Crippen LogP contribution in [0.5, 0.6) is 11.5 Å². The highest BCUT2D eigenvalue weighted by Gasteiger charge is 2.30. The van der Waals surface area contributed by atoms with Gasteiger partial charge in [-0.25, -0.2) is 0 Å². The third-order valence-corrected chi connectivity index (χ3v) is 3.06. The molecule has 1 atom stereocenters. The molecule has 1 aromatic heterocycles. The Morgan fingerprint density at radius 2 is 2.04 bits per heavy atom. The molecule has 1 aliphatic heterocycles. The lowest BCUT2D eigenvalue weighted by Crippen LogP contribution is -2.21. The largest absolute Gasteiger partial charge is 0.573 e. The first-order chi connectivity index (χ1) is 10.8. The summed E-state index contributed by atoms with van der Waals surface area (Å²) in [5.41, 5.74) is 7.42. The van der Waals surface area contributed by atoms with Gasteiger partial charge in [0.05, 0.1) is 18.3 Å². The molecule has 2 heterocycles. The maximum Gasteiger partial charge on any atom is 0.573 e. The fourth-order valence-corrected chi connectivity index (χ4v) is 2.05. The summed E-state index contributed by atoms with van der Waals surface area (Å²) in [5.74, 6) is 0.661. The van der Waals surface area contributed by atoms with E-state index in [0.717, 1.165) is 23.4 Å². The van der Waals surface area contributed by atoms with E-state index in [-0.39, 0.29) is 11.8 Å². The zero-order valence-corrected chi connectivity index (χ0v) is 12.5. The van der Waals surface area contributed by atoms with Crippen molar-refractivity contribution in [3.05, 3.63) is 53.9 Å². The molecule has 1 aromatic carbocycles. The predicted molar refractivity (Wildman–Crippen MR) is 79.1 cm³/mol. The van der Waals surface area contributed by atoms with Gasteiger partial charge in [-0.15, -0.1) is 13.2 Å².